The van der Waals surface area contributed by atoms with E-state index < -0.39 is 11.9 Å². The van der Waals surface area contributed by atoms with Gasteiger partial charge >= 0.3 is 11.9 Å². The normalized spacial score (nSPS) is 22.7. The molecular weight excluding hydrogens is 246 g/mol. The van der Waals surface area contributed by atoms with Crippen molar-refractivity contribution in [1.82, 2.24) is 0 Å². The van der Waals surface area contributed by atoms with E-state index in [-0.39, 0.29) is 17.5 Å². The number of rotatable bonds is 4. The molecule has 0 bridgehead atoms. The molecular formula is C14H17NO4. The molecule has 1 saturated carbocycles. The molecule has 1 aliphatic carbocycles. The molecule has 2 atom stereocenters. The molecule has 5 heteroatoms. The second-order valence-corrected chi connectivity index (χ2v) is 4.93. The van der Waals surface area contributed by atoms with Crippen LogP contribution in [0.1, 0.15) is 36.0 Å². The van der Waals surface area contributed by atoms with Crippen LogP contribution in [0.2, 0.25) is 0 Å². The number of anilines is 1. The van der Waals surface area contributed by atoms with Gasteiger partial charge in [-0.05, 0) is 37.5 Å². The Labute approximate surface area is 111 Å². The highest BCUT2D eigenvalue weighted by atomic mass is 16.4. The first-order valence-electron chi connectivity index (χ1n) is 6.39. The number of benzene rings is 1. The average Bonchev–Trinajstić information content (AvgIpc) is 2.39. The highest BCUT2D eigenvalue weighted by Gasteiger charge is 2.26. The molecule has 102 valence electrons. The minimum atomic E-state index is -0.962. The van der Waals surface area contributed by atoms with Crippen LogP contribution in [0.4, 0.5) is 5.69 Å². The molecule has 5 nitrogen and oxygen atoms in total. The summed E-state index contributed by atoms with van der Waals surface area (Å²) in [6, 6.07) is 6.69. The second-order valence-electron chi connectivity index (χ2n) is 4.93. The number of carbonyl (C=O) groups is 2. The Kier molecular flexibility index (Phi) is 4.04. The first-order valence-corrected chi connectivity index (χ1v) is 6.39. The van der Waals surface area contributed by atoms with Crippen LogP contribution < -0.4 is 5.32 Å². The Morgan fingerprint density at radius 2 is 2.00 bits per heavy atom. The largest absolute Gasteiger partial charge is 0.481 e. The van der Waals surface area contributed by atoms with Crippen molar-refractivity contribution >= 4 is 17.6 Å². The molecule has 2 unspecified atom stereocenters. The lowest BCUT2D eigenvalue weighted by atomic mass is 9.85. The van der Waals surface area contributed by atoms with Crippen LogP contribution in [0, 0.1) is 5.92 Å². The zero-order valence-corrected chi connectivity index (χ0v) is 10.5. The number of nitrogens with one attached hydrogen (secondary N) is 1. The lowest BCUT2D eigenvalue weighted by Gasteiger charge is -2.28. The van der Waals surface area contributed by atoms with Gasteiger partial charge in [-0.15, -0.1) is 0 Å². The molecule has 1 aromatic carbocycles. The third-order valence-corrected chi connectivity index (χ3v) is 3.50. The highest BCUT2D eigenvalue weighted by Crippen LogP contribution is 2.27. The smallest absolute Gasteiger partial charge is 0.335 e. The van der Waals surface area contributed by atoms with Gasteiger partial charge in [-0.2, -0.15) is 0 Å². The van der Waals surface area contributed by atoms with E-state index in [1.54, 1.807) is 18.2 Å². The maximum Gasteiger partial charge on any atom is 0.335 e. The molecule has 0 saturated heterocycles. The zero-order chi connectivity index (χ0) is 13.8. The van der Waals surface area contributed by atoms with Crippen LogP contribution in [-0.2, 0) is 4.79 Å². The summed E-state index contributed by atoms with van der Waals surface area (Å²) in [6.07, 6.45) is 3.11. The van der Waals surface area contributed by atoms with Crippen LogP contribution in [0.5, 0.6) is 0 Å². The first-order chi connectivity index (χ1) is 9.06. The number of hydrogen-bond donors (Lipinski definition) is 3. The molecule has 1 aliphatic rings. The van der Waals surface area contributed by atoms with Crippen LogP contribution in [-0.4, -0.2) is 28.2 Å². The molecule has 0 spiro atoms. The van der Waals surface area contributed by atoms with E-state index in [0.717, 1.165) is 24.9 Å². The van der Waals surface area contributed by atoms with E-state index >= 15 is 0 Å². The van der Waals surface area contributed by atoms with Crippen LogP contribution in [0.3, 0.4) is 0 Å². The summed E-state index contributed by atoms with van der Waals surface area (Å²) < 4.78 is 0. The zero-order valence-electron chi connectivity index (χ0n) is 10.5. The maximum absolute atomic E-state index is 11.0. The highest BCUT2D eigenvalue weighted by molar-refractivity contribution is 5.88. The summed E-state index contributed by atoms with van der Waals surface area (Å²) in [7, 11) is 0. The van der Waals surface area contributed by atoms with Crippen molar-refractivity contribution in [2.75, 3.05) is 5.32 Å². The first kappa shape index (κ1) is 13.4. The lowest BCUT2D eigenvalue weighted by Crippen LogP contribution is -2.30. The van der Waals surface area contributed by atoms with Crippen molar-refractivity contribution in [2.45, 2.75) is 31.7 Å². The molecule has 0 aliphatic heterocycles. The Hall–Kier alpha value is -2.04. The summed E-state index contributed by atoms with van der Waals surface area (Å²) >= 11 is 0. The van der Waals surface area contributed by atoms with E-state index in [9.17, 15) is 9.59 Å². The third kappa shape index (κ3) is 3.47. The minimum absolute atomic E-state index is 0.0962. The van der Waals surface area contributed by atoms with Crippen LogP contribution in [0.25, 0.3) is 0 Å². The van der Waals surface area contributed by atoms with Crippen molar-refractivity contribution in [3.8, 4) is 0 Å². The van der Waals surface area contributed by atoms with Crippen molar-refractivity contribution in [1.29, 1.82) is 0 Å². The molecule has 0 amide bonds. The molecule has 1 fully saturated rings. The van der Waals surface area contributed by atoms with Gasteiger partial charge in [0.2, 0.25) is 0 Å². The molecule has 3 N–H and O–H groups in total. The maximum atomic E-state index is 11.0. The van der Waals surface area contributed by atoms with Crippen molar-refractivity contribution in [2.24, 2.45) is 5.92 Å². The third-order valence-electron chi connectivity index (χ3n) is 3.50. The van der Waals surface area contributed by atoms with E-state index in [0.29, 0.717) is 6.42 Å². The van der Waals surface area contributed by atoms with Gasteiger partial charge in [0, 0.05) is 11.7 Å². The Morgan fingerprint density at radius 3 is 2.68 bits per heavy atom. The monoisotopic (exact) mass is 263 g/mol. The van der Waals surface area contributed by atoms with Crippen molar-refractivity contribution < 1.29 is 19.8 Å². The number of carboxylic acid groups (broad SMARTS) is 2. The Balaban J connectivity index is 2.02. The summed E-state index contributed by atoms with van der Waals surface area (Å²) in [5, 5.41) is 21.2. The van der Waals surface area contributed by atoms with E-state index in [1.807, 2.05) is 0 Å². The molecule has 0 aromatic heterocycles. The molecule has 0 radical (unpaired) electrons. The van der Waals surface area contributed by atoms with E-state index in [2.05, 4.69) is 5.32 Å². The fourth-order valence-corrected chi connectivity index (χ4v) is 2.52. The molecule has 1 aromatic rings. The van der Waals surface area contributed by atoms with Gasteiger partial charge in [0.15, 0.2) is 0 Å². The number of aromatic carboxylic acids is 1. The van der Waals surface area contributed by atoms with Gasteiger partial charge in [-0.25, -0.2) is 4.79 Å². The number of carboxylic acids is 2. The van der Waals surface area contributed by atoms with Gasteiger partial charge < -0.3 is 15.5 Å². The second kappa shape index (κ2) is 5.73. The van der Waals surface area contributed by atoms with Gasteiger partial charge in [0.25, 0.3) is 0 Å². The predicted octanol–water partition coefficient (Wildman–Crippen LogP) is 2.44. The quantitative estimate of drug-likeness (QED) is 0.776. The molecule has 2 rings (SSSR count). The molecule has 19 heavy (non-hydrogen) atoms. The topological polar surface area (TPSA) is 86.6 Å². The van der Waals surface area contributed by atoms with Crippen LogP contribution in [0.15, 0.2) is 24.3 Å². The van der Waals surface area contributed by atoms with Crippen molar-refractivity contribution in [3.63, 3.8) is 0 Å². The summed E-state index contributed by atoms with van der Waals surface area (Å²) in [5.74, 6) is -2.00. The summed E-state index contributed by atoms with van der Waals surface area (Å²) in [4.78, 5) is 21.9. The van der Waals surface area contributed by atoms with Crippen LogP contribution >= 0.6 is 0 Å². The standard InChI is InChI=1S/C14H17NO4/c16-13(17)9-3-1-5-11(7-9)15-12-6-2-4-10(8-12)14(18)19/h1,3,5,7,10,12,15H,2,4,6,8H2,(H,16,17)(H,18,19). The van der Waals surface area contributed by atoms with Crippen molar-refractivity contribution in [3.05, 3.63) is 29.8 Å². The van der Waals surface area contributed by atoms with E-state index in [4.69, 9.17) is 10.2 Å². The lowest BCUT2D eigenvalue weighted by molar-refractivity contribution is -0.142. The van der Waals surface area contributed by atoms with Gasteiger partial charge in [0.05, 0.1) is 11.5 Å². The Bertz CT molecular complexity index is 486. The number of hydrogen-bond acceptors (Lipinski definition) is 3. The number of aliphatic carboxylic acids is 1. The minimum Gasteiger partial charge on any atom is -0.481 e. The SMILES string of the molecule is O=C(O)c1cccc(NC2CCCC(C(=O)O)C2)c1. The molecule has 0 heterocycles. The Morgan fingerprint density at radius 1 is 1.21 bits per heavy atom. The fourth-order valence-electron chi connectivity index (χ4n) is 2.52. The van der Waals surface area contributed by atoms with Gasteiger partial charge in [-0.3, -0.25) is 4.79 Å². The predicted molar refractivity (Wildman–Crippen MR) is 70.4 cm³/mol. The summed E-state index contributed by atoms with van der Waals surface area (Å²) in [6.45, 7) is 0. The van der Waals surface area contributed by atoms with E-state index in [1.165, 1.54) is 6.07 Å². The van der Waals surface area contributed by atoms with Gasteiger partial charge in [0.1, 0.15) is 0 Å². The average molecular weight is 263 g/mol. The fraction of sp³-hybridized carbons (Fsp3) is 0.429. The summed E-state index contributed by atoms with van der Waals surface area (Å²) in [5.41, 5.74) is 0.964. The van der Waals surface area contributed by atoms with Gasteiger partial charge in [-0.1, -0.05) is 12.5 Å².